The van der Waals surface area contributed by atoms with Crippen LogP contribution >= 0.6 is 0 Å². The molecule has 1 aromatic carbocycles. The van der Waals surface area contributed by atoms with Gasteiger partial charge in [0, 0.05) is 31.7 Å². The second-order valence-electron chi connectivity index (χ2n) is 7.85. The van der Waals surface area contributed by atoms with Crippen LogP contribution in [0, 0.1) is 31.1 Å². The van der Waals surface area contributed by atoms with E-state index in [4.69, 9.17) is 5.26 Å². The molecule has 0 fully saturated rings. The van der Waals surface area contributed by atoms with E-state index < -0.39 is 0 Å². The molecule has 1 heterocycles. The normalized spacial score (nSPS) is 10.9. The summed E-state index contributed by atoms with van der Waals surface area (Å²) in [7, 11) is 0. The molecular formula is C23H32N4O. The minimum Gasteiger partial charge on any atom is -0.338 e. The second-order valence-corrected chi connectivity index (χ2v) is 7.85. The highest BCUT2D eigenvalue weighted by atomic mass is 16.2. The van der Waals surface area contributed by atoms with Crippen LogP contribution in [0.4, 0.5) is 0 Å². The van der Waals surface area contributed by atoms with E-state index in [1.165, 1.54) is 11.3 Å². The van der Waals surface area contributed by atoms with Gasteiger partial charge in [-0.2, -0.15) is 10.4 Å². The van der Waals surface area contributed by atoms with Gasteiger partial charge in [0.2, 0.25) is 5.91 Å². The lowest BCUT2D eigenvalue weighted by Gasteiger charge is -2.22. The minimum absolute atomic E-state index is 0.168. The Kier molecular flexibility index (Phi) is 7.80. The van der Waals surface area contributed by atoms with Crippen LogP contribution in [0.2, 0.25) is 0 Å². The summed E-state index contributed by atoms with van der Waals surface area (Å²) in [5.74, 6) is 0.710. The number of aromatic nitrogens is 2. The maximum Gasteiger partial charge on any atom is 0.223 e. The van der Waals surface area contributed by atoms with Gasteiger partial charge >= 0.3 is 0 Å². The van der Waals surface area contributed by atoms with E-state index in [9.17, 15) is 4.79 Å². The monoisotopic (exact) mass is 380 g/mol. The van der Waals surface area contributed by atoms with Gasteiger partial charge < -0.3 is 4.90 Å². The number of nitriles is 1. The summed E-state index contributed by atoms with van der Waals surface area (Å²) >= 11 is 0. The molecule has 2 aromatic rings. The predicted octanol–water partition coefficient (Wildman–Crippen LogP) is 4.40. The lowest BCUT2D eigenvalue weighted by molar-refractivity contribution is -0.131. The topological polar surface area (TPSA) is 61.9 Å². The first-order valence-corrected chi connectivity index (χ1v) is 10.1. The highest BCUT2D eigenvalue weighted by Gasteiger charge is 2.17. The molecule has 5 heteroatoms. The van der Waals surface area contributed by atoms with Gasteiger partial charge in [0.1, 0.15) is 0 Å². The van der Waals surface area contributed by atoms with Gasteiger partial charge in [-0.3, -0.25) is 9.48 Å². The Balaban J connectivity index is 2.04. The zero-order valence-electron chi connectivity index (χ0n) is 17.8. The van der Waals surface area contributed by atoms with E-state index in [0.717, 1.165) is 37.2 Å². The number of hydrogen-bond acceptors (Lipinski definition) is 3. The maximum absolute atomic E-state index is 12.9. The smallest absolute Gasteiger partial charge is 0.223 e. The van der Waals surface area contributed by atoms with Crippen molar-refractivity contribution in [2.24, 2.45) is 5.92 Å². The number of hydrogen-bond donors (Lipinski definition) is 0. The number of amides is 1. The van der Waals surface area contributed by atoms with Crippen molar-refractivity contribution in [3.05, 3.63) is 52.3 Å². The average Bonchev–Trinajstić information content (AvgIpc) is 2.92. The molecule has 0 radical (unpaired) electrons. The van der Waals surface area contributed by atoms with Gasteiger partial charge in [0.15, 0.2) is 0 Å². The number of nitrogens with zero attached hydrogens (tertiary/aromatic N) is 4. The molecule has 0 aliphatic carbocycles. The van der Waals surface area contributed by atoms with Crippen molar-refractivity contribution >= 4 is 5.91 Å². The molecule has 0 bridgehead atoms. The summed E-state index contributed by atoms with van der Waals surface area (Å²) in [4.78, 5) is 14.8. The first kappa shape index (κ1) is 21.7. The molecule has 0 unspecified atom stereocenters. The second kappa shape index (κ2) is 10.1. The van der Waals surface area contributed by atoms with Crippen molar-refractivity contribution in [2.75, 3.05) is 6.54 Å². The van der Waals surface area contributed by atoms with E-state index in [1.54, 1.807) is 12.1 Å². The third kappa shape index (κ3) is 5.69. The third-order valence-electron chi connectivity index (χ3n) is 4.96. The molecule has 0 N–H and O–H groups in total. The number of benzene rings is 1. The van der Waals surface area contributed by atoms with Crippen LogP contribution < -0.4 is 0 Å². The third-order valence-corrected chi connectivity index (χ3v) is 4.96. The van der Waals surface area contributed by atoms with Gasteiger partial charge in [0.05, 0.1) is 17.3 Å². The molecule has 0 atom stereocenters. The molecule has 28 heavy (non-hydrogen) atoms. The summed E-state index contributed by atoms with van der Waals surface area (Å²) < 4.78 is 2.07. The fourth-order valence-electron chi connectivity index (χ4n) is 3.48. The Labute approximate surface area is 169 Å². The van der Waals surface area contributed by atoms with Gasteiger partial charge in [0.25, 0.3) is 0 Å². The van der Waals surface area contributed by atoms with Crippen molar-refractivity contribution in [3.8, 4) is 6.07 Å². The van der Waals surface area contributed by atoms with Gasteiger partial charge in [-0.15, -0.1) is 0 Å². The molecule has 1 amide bonds. The lowest BCUT2D eigenvalue weighted by Crippen LogP contribution is -2.31. The fourth-order valence-corrected chi connectivity index (χ4v) is 3.48. The fraction of sp³-hybridized carbons (Fsp3) is 0.522. The van der Waals surface area contributed by atoms with Gasteiger partial charge in [-0.05, 0) is 55.9 Å². The Bertz CT molecular complexity index is 828. The Morgan fingerprint density at radius 2 is 1.93 bits per heavy atom. The largest absolute Gasteiger partial charge is 0.338 e. The van der Waals surface area contributed by atoms with Crippen molar-refractivity contribution < 1.29 is 4.79 Å². The Morgan fingerprint density at radius 1 is 1.25 bits per heavy atom. The summed E-state index contributed by atoms with van der Waals surface area (Å²) in [6.07, 6.45) is 2.14. The average molecular weight is 381 g/mol. The van der Waals surface area contributed by atoms with Crippen molar-refractivity contribution in [1.29, 1.82) is 5.26 Å². The number of rotatable bonds is 9. The summed E-state index contributed by atoms with van der Waals surface area (Å²) in [6, 6.07) is 9.60. The zero-order chi connectivity index (χ0) is 20.7. The molecule has 0 saturated carbocycles. The van der Waals surface area contributed by atoms with Crippen LogP contribution in [0.25, 0.3) is 0 Å². The summed E-state index contributed by atoms with van der Waals surface area (Å²) in [5.41, 5.74) is 5.09. The molecule has 1 aromatic heterocycles. The van der Waals surface area contributed by atoms with Crippen molar-refractivity contribution in [1.82, 2.24) is 14.7 Å². The quantitative estimate of drug-likeness (QED) is 0.648. The maximum atomic E-state index is 12.9. The Hall–Kier alpha value is -2.61. The Morgan fingerprint density at radius 3 is 2.50 bits per heavy atom. The van der Waals surface area contributed by atoms with Crippen molar-refractivity contribution in [2.45, 2.75) is 67.0 Å². The molecule has 150 valence electrons. The van der Waals surface area contributed by atoms with E-state index in [-0.39, 0.29) is 5.91 Å². The van der Waals surface area contributed by atoms with Crippen LogP contribution in [0.5, 0.6) is 0 Å². The summed E-state index contributed by atoms with van der Waals surface area (Å²) in [5, 5.41) is 13.6. The molecule has 0 saturated heterocycles. The van der Waals surface area contributed by atoms with E-state index >= 15 is 0 Å². The van der Waals surface area contributed by atoms with Gasteiger partial charge in [-0.1, -0.05) is 32.9 Å². The highest BCUT2D eigenvalue weighted by Crippen LogP contribution is 2.18. The first-order valence-electron chi connectivity index (χ1n) is 10.1. The first-order chi connectivity index (χ1) is 13.3. The molecular weight excluding hydrogens is 348 g/mol. The van der Waals surface area contributed by atoms with Crippen molar-refractivity contribution in [3.63, 3.8) is 0 Å². The predicted molar refractivity (Wildman–Crippen MR) is 112 cm³/mol. The van der Waals surface area contributed by atoms with Crippen LogP contribution in [-0.4, -0.2) is 27.1 Å². The van der Waals surface area contributed by atoms with Crippen LogP contribution in [0.3, 0.4) is 0 Å². The van der Waals surface area contributed by atoms with Crippen LogP contribution in [0.1, 0.15) is 61.7 Å². The molecule has 0 aliphatic heterocycles. The molecule has 2 rings (SSSR count). The standard InChI is InChI=1S/C23H32N4O/c1-6-13-26(16-21-9-7-20(14-24)8-10-21)23(28)12-11-22-18(4)25-27(19(22)5)15-17(2)3/h7-10,17H,6,11-13,15-16H2,1-5H3. The number of carbonyl (C=O) groups excluding carboxylic acids is 1. The highest BCUT2D eigenvalue weighted by molar-refractivity contribution is 5.76. The molecule has 0 spiro atoms. The molecule has 0 aliphatic rings. The SMILES string of the molecule is CCCN(Cc1ccc(C#N)cc1)C(=O)CCc1c(C)nn(CC(C)C)c1C. The van der Waals surface area contributed by atoms with E-state index in [2.05, 4.69) is 43.5 Å². The van der Waals surface area contributed by atoms with E-state index in [1.807, 2.05) is 24.0 Å². The number of aryl methyl sites for hydroxylation is 1. The summed E-state index contributed by atoms with van der Waals surface area (Å²) in [6.45, 7) is 12.8. The number of carbonyl (C=O) groups is 1. The molecule has 5 nitrogen and oxygen atoms in total. The lowest BCUT2D eigenvalue weighted by atomic mass is 10.1. The van der Waals surface area contributed by atoms with E-state index in [0.29, 0.717) is 24.4 Å². The zero-order valence-corrected chi connectivity index (χ0v) is 17.8. The van der Waals surface area contributed by atoms with Gasteiger partial charge in [-0.25, -0.2) is 0 Å². The van der Waals surface area contributed by atoms with Crippen LogP contribution in [0.15, 0.2) is 24.3 Å². The van der Waals surface area contributed by atoms with Crippen LogP contribution in [-0.2, 0) is 24.3 Å². The minimum atomic E-state index is 0.168.